The van der Waals surface area contributed by atoms with Crippen LogP contribution in [-0.2, 0) is 16.1 Å². The highest BCUT2D eigenvalue weighted by Crippen LogP contribution is 2.33. The van der Waals surface area contributed by atoms with Gasteiger partial charge >= 0.3 is 5.97 Å². The van der Waals surface area contributed by atoms with E-state index in [2.05, 4.69) is 47.4 Å². The average molecular weight is 518 g/mol. The van der Waals surface area contributed by atoms with E-state index in [-0.39, 0.29) is 5.11 Å². The first-order valence-electron chi connectivity index (χ1n) is 13.0. The largest absolute Gasteiger partial charge is 0.408 e. The Morgan fingerprint density at radius 2 is 2.05 bits per heavy atom. The summed E-state index contributed by atoms with van der Waals surface area (Å²) < 4.78 is 0. The molecule has 194 valence electrons. The number of carbonyl (C=O) groups excluding carboxylic acids is 1. The van der Waals surface area contributed by atoms with E-state index in [0.717, 1.165) is 49.8 Å². The van der Waals surface area contributed by atoms with Gasteiger partial charge in [0.15, 0.2) is 0 Å². The number of aromatic amines is 1. The summed E-state index contributed by atoms with van der Waals surface area (Å²) in [6, 6.07) is 14.6. The molecule has 1 fully saturated rings. The van der Waals surface area contributed by atoms with Crippen LogP contribution in [0.2, 0.25) is 0 Å². The van der Waals surface area contributed by atoms with Crippen LogP contribution in [-0.4, -0.2) is 56.7 Å². The number of fused-ring (bicyclic) bond motifs is 1. The third-order valence-corrected chi connectivity index (χ3v) is 7.48. The number of hydrogen-bond donors (Lipinski definition) is 2. The summed E-state index contributed by atoms with van der Waals surface area (Å²) in [7, 11) is 0. The zero-order chi connectivity index (χ0) is 26.2. The second-order valence-electron chi connectivity index (χ2n) is 9.55. The quantitative estimate of drug-likeness (QED) is 0.240. The van der Waals surface area contributed by atoms with Crippen molar-refractivity contribution in [1.82, 2.24) is 19.9 Å². The fraction of sp³-hybridized carbons (Fsp3) is 0.414. The van der Waals surface area contributed by atoms with Gasteiger partial charge < -0.3 is 20.0 Å². The van der Waals surface area contributed by atoms with Crippen LogP contribution in [0.15, 0.2) is 48.7 Å². The molecule has 1 atom stereocenters. The van der Waals surface area contributed by atoms with Crippen LogP contribution in [0.3, 0.4) is 0 Å². The smallest absolute Gasteiger partial charge is 0.360 e. The number of carbonyl (C=O) groups is 1. The van der Waals surface area contributed by atoms with Gasteiger partial charge in [-0.1, -0.05) is 37.3 Å². The third-order valence-electron chi connectivity index (χ3n) is 7.18. The minimum absolute atomic E-state index is 0.238. The lowest BCUT2D eigenvalue weighted by atomic mass is 9.89. The van der Waals surface area contributed by atoms with Gasteiger partial charge in [0.2, 0.25) is 5.11 Å². The highest BCUT2D eigenvalue weighted by Gasteiger charge is 2.25. The first kappa shape index (κ1) is 26.6. The highest BCUT2D eigenvalue weighted by molar-refractivity contribution is 7.80. The van der Waals surface area contributed by atoms with Crippen LogP contribution in [0, 0.1) is 12.3 Å². The Labute approximate surface area is 224 Å². The van der Waals surface area contributed by atoms with E-state index in [1.807, 2.05) is 36.3 Å². The predicted molar refractivity (Wildman–Crippen MR) is 152 cm³/mol. The number of H-pyrrole nitrogens is 1. The molecule has 7 nitrogen and oxygen atoms in total. The van der Waals surface area contributed by atoms with E-state index < -0.39 is 5.97 Å². The maximum atomic E-state index is 11.8. The molecule has 0 saturated carbocycles. The highest BCUT2D eigenvalue weighted by atomic mass is 32.1. The lowest BCUT2D eigenvalue weighted by Crippen LogP contribution is -2.39. The lowest BCUT2D eigenvalue weighted by Gasteiger charge is -2.35. The SMILES string of the molecule is C#CC(=O)ON(CCCc1ccccc1)C(=S)Nc1ccc2[nH]cc(C3CCN(C(C)CC)CC3)c2n1. The standard InChI is InChI=1S/C29H35N5O2S/c1-4-21(3)33-18-15-23(16-19-33)24-20-30-25-13-14-26(31-28(24)25)32-29(37)34(36-27(35)5-2)17-9-12-22-10-7-6-8-11-22/h2,6-8,10-11,13-14,20-21,23,30H,4,9,12,15-19H2,1,3H3,(H,31,32,37). The summed E-state index contributed by atoms with van der Waals surface area (Å²) in [4.78, 5) is 28.0. The number of rotatable bonds is 8. The van der Waals surface area contributed by atoms with Crippen molar-refractivity contribution >= 4 is 40.2 Å². The van der Waals surface area contributed by atoms with Gasteiger partial charge in [0, 0.05) is 18.2 Å². The molecule has 1 unspecified atom stereocenters. The van der Waals surface area contributed by atoms with Gasteiger partial charge in [0.1, 0.15) is 5.82 Å². The summed E-state index contributed by atoms with van der Waals surface area (Å²) in [5.74, 6) is 2.26. The number of thiocarbonyl (C=S) groups is 1. The molecule has 3 heterocycles. The number of aromatic nitrogens is 2. The Bertz CT molecular complexity index is 1240. The summed E-state index contributed by atoms with van der Waals surface area (Å²) in [5, 5.41) is 4.72. The molecule has 4 rings (SSSR count). The van der Waals surface area contributed by atoms with Gasteiger partial charge in [-0.2, -0.15) is 5.06 Å². The molecule has 1 aliphatic heterocycles. The van der Waals surface area contributed by atoms with E-state index in [1.54, 1.807) is 0 Å². The summed E-state index contributed by atoms with van der Waals surface area (Å²) in [5.41, 5.74) is 4.39. The molecular weight excluding hydrogens is 482 g/mol. The summed E-state index contributed by atoms with van der Waals surface area (Å²) in [6.07, 6.45) is 12.3. The second kappa shape index (κ2) is 12.7. The van der Waals surface area contributed by atoms with Crippen LogP contribution in [0.4, 0.5) is 5.82 Å². The molecule has 37 heavy (non-hydrogen) atoms. The number of pyridine rings is 1. The minimum atomic E-state index is -0.788. The Kier molecular flexibility index (Phi) is 9.15. The Hall–Kier alpha value is -3.41. The number of aryl methyl sites for hydroxylation is 1. The van der Waals surface area contributed by atoms with Gasteiger partial charge in [0.05, 0.1) is 17.6 Å². The van der Waals surface area contributed by atoms with Crippen LogP contribution < -0.4 is 5.32 Å². The van der Waals surface area contributed by atoms with Crippen molar-refractivity contribution in [1.29, 1.82) is 0 Å². The van der Waals surface area contributed by atoms with E-state index in [9.17, 15) is 4.79 Å². The van der Waals surface area contributed by atoms with Crippen LogP contribution in [0.5, 0.6) is 0 Å². The molecule has 3 aromatic rings. The predicted octanol–water partition coefficient (Wildman–Crippen LogP) is 5.26. The molecule has 0 spiro atoms. The maximum absolute atomic E-state index is 11.8. The van der Waals surface area contributed by atoms with Crippen molar-refractivity contribution < 1.29 is 9.63 Å². The first-order valence-corrected chi connectivity index (χ1v) is 13.4. The second-order valence-corrected chi connectivity index (χ2v) is 9.94. The molecule has 8 heteroatoms. The molecule has 2 N–H and O–H groups in total. The fourth-order valence-corrected chi connectivity index (χ4v) is 5.10. The maximum Gasteiger partial charge on any atom is 0.408 e. The molecule has 0 aliphatic carbocycles. The van der Waals surface area contributed by atoms with Crippen LogP contribution in [0.25, 0.3) is 11.0 Å². The van der Waals surface area contributed by atoms with Crippen LogP contribution >= 0.6 is 12.2 Å². The molecule has 1 aromatic carbocycles. The number of piperidine rings is 1. The summed E-state index contributed by atoms with van der Waals surface area (Å²) >= 11 is 5.58. The Morgan fingerprint density at radius 3 is 2.76 bits per heavy atom. The van der Waals surface area contributed by atoms with Crippen molar-refractivity contribution in [2.24, 2.45) is 0 Å². The third kappa shape index (κ3) is 6.88. The normalized spacial score (nSPS) is 15.2. The van der Waals surface area contributed by atoms with Gasteiger partial charge in [0.25, 0.3) is 0 Å². The number of benzene rings is 1. The molecule has 0 radical (unpaired) electrons. The fourth-order valence-electron chi connectivity index (χ4n) is 4.87. The summed E-state index contributed by atoms with van der Waals surface area (Å²) in [6.45, 7) is 7.16. The molecule has 0 amide bonds. The number of nitrogens with one attached hydrogen (secondary N) is 2. The number of hydrogen-bond acceptors (Lipinski definition) is 5. The molecule has 1 aliphatic rings. The minimum Gasteiger partial charge on any atom is -0.360 e. The van der Waals surface area contributed by atoms with Gasteiger partial charge in [-0.25, -0.2) is 9.78 Å². The molecule has 1 saturated heterocycles. The molecule has 0 bridgehead atoms. The van der Waals surface area contributed by atoms with Crippen molar-refractivity contribution in [3.05, 3.63) is 59.8 Å². The lowest BCUT2D eigenvalue weighted by molar-refractivity contribution is -0.164. The van der Waals surface area contributed by atoms with Gasteiger partial charge in [-0.05, 0) is 93.5 Å². The molecular formula is C29H35N5O2S. The number of hydroxylamine groups is 2. The number of likely N-dealkylation sites (tertiary alicyclic amines) is 1. The van der Waals surface area contributed by atoms with Gasteiger partial charge in [-0.15, -0.1) is 6.42 Å². The van der Waals surface area contributed by atoms with Gasteiger partial charge in [-0.3, -0.25) is 0 Å². The Morgan fingerprint density at radius 1 is 1.30 bits per heavy atom. The van der Waals surface area contributed by atoms with E-state index in [0.29, 0.717) is 24.3 Å². The Balaban J connectivity index is 1.43. The van der Waals surface area contributed by atoms with E-state index >= 15 is 0 Å². The van der Waals surface area contributed by atoms with Crippen molar-refractivity contribution in [2.45, 2.75) is 57.9 Å². The molecule has 2 aromatic heterocycles. The number of terminal acetylenes is 1. The zero-order valence-corrected chi connectivity index (χ0v) is 22.4. The van der Waals surface area contributed by atoms with Crippen molar-refractivity contribution in [3.63, 3.8) is 0 Å². The monoisotopic (exact) mass is 517 g/mol. The first-order chi connectivity index (χ1) is 18.0. The van der Waals surface area contributed by atoms with E-state index in [1.165, 1.54) is 22.6 Å². The van der Waals surface area contributed by atoms with E-state index in [4.69, 9.17) is 28.5 Å². The number of nitrogens with zero attached hydrogens (tertiary/aromatic N) is 3. The van der Waals surface area contributed by atoms with Crippen molar-refractivity contribution in [3.8, 4) is 12.3 Å². The van der Waals surface area contributed by atoms with Crippen molar-refractivity contribution in [2.75, 3.05) is 25.0 Å². The topological polar surface area (TPSA) is 73.5 Å². The average Bonchev–Trinajstić information content (AvgIpc) is 3.35. The number of anilines is 1. The zero-order valence-electron chi connectivity index (χ0n) is 21.6. The van der Waals surface area contributed by atoms with Crippen LogP contribution in [0.1, 0.15) is 56.6 Å².